The van der Waals surface area contributed by atoms with Crippen molar-refractivity contribution in [3.05, 3.63) is 47.5 Å². The number of para-hydroxylation sites is 2. The molecule has 166 valence electrons. The van der Waals surface area contributed by atoms with Crippen molar-refractivity contribution in [3.63, 3.8) is 0 Å². The third-order valence-corrected chi connectivity index (χ3v) is 6.58. The van der Waals surface area contributed by atoms with Crippen molar-refractivity contribution < 1.29 is 18.3 Å². The molecule has 0 radical (unpaired) electrons. The highest BCUT2D eigenvalue weighted by Crippen LogP contribution is 2.59. The van der Waals surface area contributed by atoms with Gasteiger partial charge in [-0.1, -0.05) is 32.9 Å². The van der Waals surface area contributed by atoms with E-state index >= 15 is 4.39 Å². The maximum Gasteiger partial charge on any atom is 0.165 e. The number of hydrogen-bond donors (Lipinski definition) is 2. The van der Waals surface area contributed by atoms with Gasteiger partial charge in [0.2, 0.25) is 0 Å². The number of nitrogens with two attached hydrogens (primary N) is 1. The summed E-state index contributed by atoms with van der Waals surface area (Å²) in [6.45, 7) is 6.77. The highest BCUT2D eigenvalue weighted by Gasteiger charge is 2.59. The Balaban J connectivity index is 2.11. The highest BCUT2D eigenvalue weighted by atomic mass is 19.2. The van der Waals surface area contributed by atoms with Crippen LogP contribution in [0.25, 0.3) is 0 Å². The first kappa shape index (κ1) is 21.6. The van der Waals surface area contributed by atoms with Gasteiger partial charge in [-0.05, 0) is 38.1 Å². The van der Waals surface area contributed by atoms with Crippen molar-refractivity contribution in [3.8, 4) is 5.75 Å². The van der Waals surface area contributed by atoms with Gasteiger partial charge < -0.3 is 20.7 Å². The van der Waals surface area contributed by atoms with Crippen LogP contribution in [-0.2, 0) is 10.2 Å². The van der Waals surface area contributed by atoms with Crippen LogP contribution in [0.4, 0.5) is 25.8 Å². The fourth-order valence-corrected chi connectivity index (χ4v) is 5.10. The van der Waals surface area contributed by atoms with Gasteiger partial charge in [0, 0.05) is 22.5 Å². The van der Waals surface area contributed by atoms with E-state index in [1.807, 2.05) is 32.9 Å². The van der Waals surface area contributed by atoms with Crippen LogP contribution in [0, 0.1) is 17.0 Å². The quantitative estimate of drug-likeness (QED) is 0.712. The van der Waals surface area contributed by atoms with E-state index in [0.717, 1.165) is 6.07 Å². The van der Waals surface area contributed by atoms with Gasteiger partial charge in [-0.3, -0.25) is 4.79 Å². The first-order chi connectivity index (χ1) is 14.6. The van der Waals surface area contributed by atoms with Gasteiger partial charge in [-0.15, -0.1) is 0 Å². The van der Waals surface area contributed by atoms with Crippen LogP contribution in [0.5, 0.6) is 5.75 Å². The standard InChI is InChI=1S/C24H29F2N3O2/c1-23(2,3)22(30)21-24(9-11-28-12-10-24)18-19(26)14(25)13-17(31-4)20(18)29(21)16-8-6-5-7-15(16)27/h5-8,13,21,28H,9-12,27H2,1-4H3. The number of Topliss-reactive ketones (excluding diaryl/α,β-unsaturated/α-hetero) is 1. The zero-order valence-corrected chi connectivity index (χ0v) is 18.4. The molecular formula is C24H29F2N3O2. The lowest BCUT2D eigenvalue weighted by atomic mass is 9.65. The molecule has 1 spiro atoms. The Hall–Kier alpha value is -2.67. The van der Waals surface area contributed by atoms with E-state index in [0.29, 0.717) is 43.0 Å². The van der Waals surface area contributed by atoms with Crippen molar-refractivity contribution >= 4 is 22.8 Å². The number of fused-ring (bicyclic) bond motifs is 2. The molecule has 1 unspecified atom stereocenters. The summed E-state index contributed by atoms with van der Waals surface area (Å²) in [5, 5.41) is 3.29. The Kier molecular flexibility index (Phi) is 5.20. The van der Waals surface area contributed by atoms with Gasteiger partial charge in [0.1, 0.15) is 11.8 Å². The zero-order chi connectivity index (χ0) is 22.6. The molecule has 7 heteroatoms. The summed E-state index contributed by atoms with van der Waals surface area (Å²) in [6.07, 6.45) is 0.999. The number of carbonyl (C=O) groups excluding carboxylic acids is 1. The molecule has 0 aromatic heterocycles. The average Bonchev–Trinajstić information content (AvgIpc) is 3.00. The molecule has 1 saturated heterocycles. The third kappa shape index (κ3) is 3.17. The molecule has 3 N–H and O–H groups in total. The van der Waals surface area contributed by atoms with E-state index < -0.39 is 28.5 Å². The maximum atomic E-state index is 15.6. The zero-order valence-electron chi connectivity index (χ0n) is 18.4. The fourth-order valence-electron chi connectivity index (χ4n) is 5.10. The first-order valence-electron chi connectivity index (χ1n) is 10.6. The van der Waals surface area contributed by atoms with Crippen LogP contribution in [0.2, 0.25) is 0 Å². The number of nitrogens with one attached hydrogen (secondary N) is 1. The number of piperidine rings is 1. The van der Waals surface area contributed by atoms with Gasteiger partial charge in [0.05, 0.1) is 24.2 Å². The summed E-state index contributed by atoms with van der Waals surface area (Å²) in [4.78, 5) is 15.7. The predicted octanol–water partition coefficient (Wildman–Crippen LogP) is 4.31. The smallest absolute Gasteiger partial charge is 0.165 e. The maximum absolute atomic E-state index is 15.6. The van der Waals surface area contributed by atoms with Crippen molar-refractivity contribution in [2.24, 2.45) is 5.41 Å². The van der Waals surface area contributed by atoms with Crippen molar-refractivity contribution in [1.29, 1.82) is 0 Å². The van der Waals surface area contributed by atoms with Crippen LogP contribution in [-0.4, -0.2) is 32.0 Å². The molecule has 2 heterocycles. The first-order valence-corrected chi connectivity index (χ1v) is 10.6. The minimum Gasteiger partial charge on any atom is -0.494 e. The summed E-state index contributed by atoms with van der Waals surface area (Å²) in [6, 6.07) is 7.50. The Labute approximate surface area is 181 Å². The van der Waals surface area contributed by atoms with E-state index in [1.54, 1.807) is 17.0 Å². The van der Waals surface area contributed by atoms with Crippen LogP contribution in [0.1, 0.15) is 39.2 Å². The molecule has 2 aliphatic rings. The molecule has 1 atom stereocenters. The average molecular weight is 430 g/mol. The molecule has 0 saturated carbocycles. The second kappa shape index (κ2) is 7.48. The monoisotopic (exact) mass is 429 g/mol. The predicted molar refractivity (Wildman–Crippen MR) is 118 cm³/mol. The van der Waals surface area contributed by atoms with Crippen molar-refractivity contribution in [2.75, 3.05) is 30.8 Å². The Morgan fingerprint density at radius 2 is 1.87 bits per heavy atom. The molecule has 31 heavy (non-hydrogen) atoms. The Bertz CT molecular complexity index is 1030. The number of ether oxygens (including phenoxy) is 1. The van der Waals surface area contributed by atoms with Crippen LogP contribution in [0.3, 0.4) is 0 Å². The molecule has 1 fully saturated rings. The molecule has 4 rings (SSSR count). The van der Waals surface area contributed by atoms with E-state index in [2.05, 4.69) is 5.32 Å². The SMILES string of the molecule is COc1cc(F)c(F)c2c1N(c1ccccc1N)C(C(=O)C(C)(C)C)C21CCNCC1. The Morgan fingerprint density at radius 1 is 1.23 bits per heavy atom. The van der Waals surface area contributed by atoms with Gasteiger partial charge >= 0.3 is 0 Å². The second-order valence-corrected chi connectivity index (χ2v) is 9.45. The third-order valence-electron chi connectivity index (χ3n) is 6.58. The molecule has 0 aliphatic carbocycles. The summed E-state index contributed by atoms with van der Waals surface area (Å²) in [7, 11) is 1.42. The number of carbonyl (C=O) groups is 1. The largest absolute Gasteiger partial charge is 0.494 e. The number of benzene rings is 2. The summed E-state index contributed by atoms with van der Waals surface area (Å²) < 4.78 is 35.8. The minimum atomic E-state index is -0.974. The number of rotatable bonds is 3. The minimum absolute atomic E-state index is 0.0456. The van der Waals surface area contributed by atoms with E-state index in [4.69, 9.17) is 10.5 Å². The highest BCUT2D eigenvalue weighted by molar-refractivity contribution is 6.00. The van der Waals surface area contributed by atoms with Gasteiger partial charge in [0.15, 0.2) is 17.4 Å². The van der Waals surface area contributed by atoms with E-state index in [1.165, 1.54) is 7.11 Å². The Morgan fingerprint density at radius 3 is 2.45 bits per heavy atom. The van der Waals surface area contributed by atoms with Crippen LogP contribution >= 0.6 is 0 Å². The molecule has 0 bridgehead atoms. The van der Waals surface area contributed by atoms with Gasteiger partial charge in [-0.2, -0.15) is 0 Å². The number of methoxy groups -OCH3 is 1. The molecule has 2 aromatic carbocycles. The number of nitrogens with zero attached hydrogens (tertiary/aromatic N) is 1. The summed E-state index contributed by atoms with van der Waals surface area (Å²) >= 11 is 0. The number of anilines is 3. The lowest BCUT2D eigenvalue weighted by molar-refractivity contribution is -0.129. The summed E-state index contributed by atoms with van der Waals surface area (Å²) in [5.74, 6) is -1.74. The molecular weight excluding hydrogens is 400 g/mol. The van der Waals surface area contributed by atoms with E-state index in [9.17, 15) is 9.18 Å². The number of nitrogen functional groups attached to an aromatic ring is 1. The fraction of sp³-hybridized carbons (Fsp3) is 0.458. The normalized spacial score (nSPS) is 20.1. The molecule has 2 aliphatic heterocycles. The van der Waals surface area contributed by atoms with Crippen molar-refractivity contribution in [1.82, 2.24) is 5.32 Å². The topological polar surface area (TPSA) is 67.6 Å². The molecule has 2 aromatic rings. The van der Waals surface area contributed by atoms with Gasteiger partial charge in [-0.25, -0.2) is 8.78 Å². The molecule has 5 nitrogen and oxygen atoms in total. The lowest BCUT2D eigenvalue weighted by Gasteiger charge is -2.43. The van der Waals surface area contributed by atoms with Crippen LogP contribution in [0.15, 0.2) is 30.3 Å². The van der Waals surface area contributed by atoms with E-state index in [-0.39, 0.29) is 17.1 Å². The van der Waals surface area contributed by atoms with Crippen LogP contribution < -0.4 is 20.7 Å². The van der Waals surface area contributed by atoms with Crippen molar-refractivity contribution in [2.45, 2.75) is 45.1 Å². The summed E-state index contributed by atoms with van der Waals surface area (Å²) in [5.41, 5.74) is 6.39. The lowest BCUT2D eigenvalue weighted by Crippen LogP contribution is -2.56. The number of hydrogen-bond acceptors (Lipinski definition) is 5. The van der Waals surface area contributed by atoms with Gasteiger partial charge in [0.25, 0.3) is 0 Å². The molecule has 0 amide bonds. The second-order valence-electron chi connectivity index (χ2n) is 9.45. The number of ketones is 1. The number of halogens is 2.